The second-order valence-electron chi connectivity index (χ2n) is 5.53. The van der Waals surface area contributed by atoms with E-state index in [4.69, 9.17) is 0 Å². The Morgan fingerprint density at radius 2 is 2.04 bits per heavy atom. The third-order valence-corrected chi connectivity index (χ3v) is 3.71. The van der Waals surface area contributed by atoms with Gasteiger partial charge in [-0.25, -0.2) is 4.39 Å². The van der Waals surface area contributed by atoms with Crippen LogP contribution in [0.25, 0.3) is 10.9 Å². The van der Waals surface area contributed by atoms with E-state index in [1.807, 2.05) is 13.0 Å². The zero-order valence-electron chi connectivity index (χ0n) is 13.1. The average Bonchev–Trinajstić information content (AvgIpc) is 2.58. The lowest BCUT2D eigenvalue weighted by Crippen LogP contribution is -2.18. The van der Waals surface area contributed by atoms with Crippen molar-refractivity contribution in [3.05, 3.63) is 70.3 Å². The maximum Gasteiger partial charge on any atom is 0.226 e. The summed E-state index contributed by atoms with van der Waals surface area (Å²) in [6.07, 6.45) is 1.35. The number of aryl methyl sites for hydroxylation is 2. The molecule has 5 nitrogen and oxygen atoms in total. The third-order valence-electron chi connectivity index (χ3n) is 3.71. The molecule has 0 aliphatic carbocycles. The zero-order chi connectivity index (χ0) is 17.1. The predicted molar refractivity (Wildman–Crippen MR) is 90.4 cm³/mol. The van der Waals surface area contributed by atoms with Gasteiger partial charge in [0.05, 0.1) is 23.9 Å². The average molecular weight is 325 g/mol. The number of amides is 1. The van der Waals surface area contributed by atoms with Crippen LogP contribution >= 0.6 is 0 Å². The van der Waals surface area contributed by atoms with Crippen LogP contribution in [0.5, 0.6) is 0 Å². The van der Waals surface area contributed by atoms with Gasteiger partial charge in [-0.1, -0.05) is 18.2 Å². The van der Waals surface area contributed by atoms with E-state index in [0.29, 0.717) is 17.4 Å². The Kier molecular flexibility index (Phi) is 4.37. The summed E-state index contributed by atoms with van der Waals surface area (Å²) in [5, 5.41) is 7.18. The third kappa shape index (κ3) is 3.32. The molecule has 1 N–H and O–H groups in total. The number of para-hydroxylation sites is 1. The first-order valence-electron chi connectivity index (χ1n) is 7.55. The molecule has 1 aromatic heterocycles. The van der Waals surface area contributed by atoms with E-state index >= 15 is 0 Å². The van der Waals surface area contributed by atoms with E-state index in [1.54, 1.807) is 35.0 Å². The summed E-state index contributed by atoms with van der Waals surface area (Å²) in [5.74, 6) is -0.787. The first kappa shape index (κ1) is 15.9. The number of nitrogens with one attached hydrogen (secondary N) is 1. The molecular weight excluding hydrogens is 309 g/mol. The number of carbonyl (C=O) groups is 1. The molecule has 3 rings (SSSR count). The van der Waals surface area contributed by atoms with Crippen molar-refractivity contribution in [1.82, 2.24) is 9.78 Å². The Hall–Kier alpha value is -3.02. The van der Waals surface area contributed by atoms with Gasteiger partial charge in [0.15, 0.2) is 0 Å². The molecule has 0 aliphatic rings. The molecule has 2 aromatic carbocycles. The minimum absolute atomic E-state index is 0.118. The highest BCUT2D eigenvalue weighted by molar-refractivity contribution is 5.91. The lowest BCUT2D eigenvalue weighted by atomic mass is 10.2. The Morgan fingerprint density at radius 3 is 2.88 bits per heavy atom. The van der Waals surface area contributed by atoms with Crippen LogP contribution in [0, 0.1) is 12.7 Å². The number of fused-ring (bicyclic) bond motifs is 1. The van der Waals surface area contributed by atoms with Gasteiger partial charge in [-0.05, 0) is 36.8 Å². The quantitative estimate of drug-likeness (QED) is 0.802. The Balaban J connectivity index is 1.74. The molecule has 1 amide bonds. The van der Waals surface area contributed by atoms with Gasteiger partial charge >= 0.3 is 0 Å². The van der Waals surface area contributed by atoms with E-state index in [9.17, 15) is 14.0 Å². The van der Waals surface area contributed by atoms with Crippen LogP contribution in [0.2, 0.25) is 0 Å². The predicted octanol–water partition coefficient (Wildman–Crippen LogP) is 2.87. The Bertz CT molecular complexity index is 966. The SMILES string of the molecule is Cc1ccc(F)c(NC(=O)CCn2ncc(=O)c3ccccc32)c1. The maximum absolute atomic E-state index is 13.7. The van der Waals surface area contributed by atoms with Gasteiger partial charge in [0.2, 0.25) is 11.3 Å². The van der Waals surface area contributed by atoms with Crippen molar-refractivity contribution in [2.45, 2.75) is 19.9 Å². The van der Waals surface area contributed by atoms with Crippen molar-refractivity contribution < 1.29 is 9.18 Å². The Morgan fingerprint density at radius 1 is 1.25 bits per heavy atom. The second-order valence-corrected chi connectivity index (χ2v) is 5.53. The first-order valence-corrected chi connectivity index (χ1v) is 7.55. The number of halogens is 1. The van der Waals surface area contributed by atoms with Gasteiger partial charge in [0.25, 0.3) is 0 Å². The van der Waals surface area contributed by atoms with Crippen LogP contribution in [0.1, 0.15) is 12.0 Å². The van der Waals surface area contributed by atoms with Crippen molar-refractivity contribution in [3.63, 3.8) is 0 Å². The van der Waals surface area contributed by atoms with Crippen LogP contribution in [-0.2, 0) is 11.3 Å². The van der Waals surface area contributed by atoms with Gasteiger partial charge in [-0.2, -0.15) is 5.10 Å². The van der Waals surface area contributed by atoms with Crippen LogP contribution < -0.4 is 10.7 Å². The zero-order valence-corrected chi connectivity index (χ0v) is 13.1. The number of hydrogen-bond donors (Lipinski definition) is 1. The van der Waals surface area contributed by atoms with Crippen LogP contribution in [-0.4, -0.2) is 15.7 Å². The van der Waals surface area contributed by atoms with E-state index in [1.165, 1.54) is 12.3 Å². The highest BCUT2D eigenvalue weighted by atomic mass is 19.1. The van der Waals surface area contributed by atoms with Crippen molar-refractivity contribution >= 4 is 22.5 Å². The molecule has 0 saturated carbocycles. The monoisotopic (exact) mass is 325 g/mol. The molecule has 3 aromatic rings. The maximum atomic E-state index is 13.7. The van der Waals surface area contributed by atoms with Crippen LogP contribution in [0.15, 0.2) is 53.5 Å². The number of rotatable bonds is 4. The minimum Gasteiger partial charge on any atom is -0.324 e. The molecule has 0 spiro atoms. The van der Waals surface area contributed by atoms with Crippen molar-refractivity contribution in [2.24, 2.45) is 0 Å². The summed E-state index contributed by atoms with van der Waals surface area (Å²) >= 11 is 0. The molecular formula is C18H16FN3O2. The summed E-state index contributed by atoms with van der Waals surface area (Å²) in [6, 6.07) is 11.6. The largest absolute Gasteiger partial charge is 0.324 e. The number of aromatic nitrogens is 2. The van der Waals surface area contributed by atoms with E-state index in [2.05, 4.69) is 10.4 Å². The fourth-order valence-electron chi connectivity index (χ4n) is 2.49. The van der Waals surface area contributed by atoms with Gasteiger partial charge in [0, 0.05) is 11.8 Å². The molecule has 6 heteroatoms. The first-order chi connectivity index (χ1) is 11.5. The van der Waals surface area contributed by atoms with E-state index in [0.717, 1.165) is 5.56 Å². The fourth-order valence-corrected chi connectivity index (χ4v) is 2.49. The van der Waals surface area contributed by atoms with Crippen molar-refractivity contribution in [2.75, 3.05) is 5.32 Å². The normalized spacial score (nSPS) is 10.8. The fraction of sp³-hybridized carbons (Fsp3) is 0.167. The number of anilines is 1. The minimum atomic E-state index is -0.471. The molecule has 0 fully saturated rings. The molecule has 0 bridgehead atoms. The highest BCUT2D eigenvalue weighted by Gasteiger charge is 2.09. The van der Waals surface area contributed by atoms with Crippen molar-refractivity contribution in [1.29, 1.82) is 0 Å². The van der Waals surface area contributed by atoms with Crippen molar-refractivity contribution in [3.8, 4) is 0 Å². The van der Waals surface area contributed by atoms with Gasteiger partial charge in [-0.15, -0.1) is 0 Å². The summed E-state index contributed by atoms with van der Waals surface area (Å²) in [6.45, 7) is 2.12. The van der Waals surface area contributed by atoms with E-state index in [-0.39, 0.29) is 23.4 Å². The van der Waals surface area contributed by atoms with Gasteiger partial charge in [-0.3, -0.25) is 14.3 Å². The topological polar surface area (TPSA) is 64.0 Å². The number of nitrogens with zero attached hydrogens (tertiary/aromatic N) is 2. The summed E-state index contributed by atoms with van der Waals surface area (Å²) < 4.78 is 15.3. The van der Waals surface area contributed by atoms with Crippen LogP contribution in [0.3, 0.4) is 0 Å². The molecule has 0 unspecified atom stereocenters. The molecule has 1 heterocycles. The Labute approximate surface area is 137 Å². The second kappa shape index (κ2) is 6.62. The summed E-state index contributed by atoms with van der Waals surface area (Å²) in [4.78, 5) is 23.9. The summed E-state index contributed by atoms with van der Waals surface area (Å²) in [7, 11) is 0. The van der Waals surface area contributed by atoms with Crippen LogP contribution in [0.4, 0.5) is 10.1 Å². The molecule has 0 atom stereocenters. The molecule has 0 radical (unpaired) electrons. The molecule has 24 heavy (non-hydrogen) atoms. The standard InChI is InChI=1S/C18H16FN3O2/c1-12-6-7-14(19)15(10-12)21-18(24)8-9-22-16-5-3-2-4-13(16)17(23)11-20-22/h2-7,10-11H,8-9H2,1H3,(H,21,24). The van der Waals surface area contributed by atoms with Gasteiger partial charge in [0.1, 0.15) is 5.82 Å². The lowest BCUT2D eigenvalue weighted by Gasteiger charge is -2.10. The summed E-state index contributed by atoms with van der Waals surface area (Å²) in [5.41, 5.74) is 1.53. The number of hydrogen-bond acceptors (Lipinski definition) is 3. The highest BCUT2D eigenvalue weighted by Crippen LogP contribution is 2.16. The number of carbonyl (C=O) groups excluding carboxylic acids is 1. The number of benzene rings is 2. The van der Waals surface area contributed by atoms with E-state index < -0.39 is 5.82 Å². The van der Waals surface area contributed by atoms with Gasteiger partial charge < -0.3 is 5.32 Å². The molecule has 0 aliphatic heterocycles. The smallest absolute Gasteiger partial charge is 0.226 e. The molecule has 0 saturated heterocycles. The lowest BCUT2D eigenvalue weighted by molar-refractivity contribution is -0.116. The molecule has 122 valence electrons.